The topological polar surface area (TPSA) is 36.4 Å². The molecule has 0 spiro atoms. The molecule has 0 aliphatic carbocycles. The second kappa shape index (κ2) is 6.77. The molecule has 2 N–H and O–H groups in total. The number of thiocarbonyl (C=S) groups is 1. The second-order valence-corrected chi connectivity index (χ2v) is 4.62. The standard InChI is InChI=1S/C15H14FN3S/c1-11-5-4-7-13(9-11)18-15(20)19-17-10-12-6-2-3-8-14(12)16/h2-10H,1H3,(H2,18,19,20). The van der Waals surface area contributed by atoms with Crippen LogP contribution in [0.3, 0.4) is 0 Å². The van der Waals surface area contributed by atoms with Crippen molar-refractivity contribution in [3.63, 3.8) is 0 Å². The molecule has 0 heterocycles. The Morgan fingerprint density at radius 2 is 2.00 bits per heavy atom. The van der Waals surface area contributed by atoms with E-state index in [9.17, 15) is 4.39 Å². The van der Waals surface area contributed by atoms with E-state index in [2.05, 4.69) is 15.8 Å². The van der Waals surface area contributed by atoms with Crippen molar-refractivity contribution < 1.29 is 4.39 Å². The number of benzene rings is 2. The fourth-order valence-electron chi connectivity index (χ4n) is 1.62. The third-order valence-electron chi connectivity index (χ3n) is 2.55. The first kappa shape index (κ1) is 14.1. The molecule has 5 heteroatoms. The van der Waals surface area contributed by atoms with Crippen molar-refractivity contribution in [2.45, 2.75) is 6.92 Å². The van der Waals surface area contributed by atoms with Crippen LogP contribution in [-0.4, -0.2) is 11.3 Å². The third-order valence-corrected chi connectivity index (χ3v) is 2.74. The summed E-state index contributed by atoms with van der Waals surface area (Å²) in [5, 5.41) is 7.25. The number of nitrogens with one attached hydrogen (secondary N) is 2. The highest BCUT2D eigenvalue weighted by Gasteiger charge is 1.98. The van der Waals surface area contributed by atoms with Gasteiger partial charge < -0.3 is 5.32 Å². The molecule has 0 fully saturated rings. The number of hydrogen-bond acceptors (Lipinski definition) is 2. The Morgan fingerprint density at radius 1 is 1.20 bits per heavy atom. The summed E-state index contributed by atoms with van der Waals surface area (Å²) in [6.45, 7) is 2.00. The molecule has 0 atom stereocenters. The van der Waals surface area contributed by atoms with Crippen molar-refractivity contribution >= 4 is 29.2 Å². The van der Waals surface area contributed by atoms with E-state index in [4.69, 9.17) is 12.2 Å². The number of rotatable bonds is 3. The van der Waals surface area contributed by atoms with Gasteiger partial charge >= 0.3 is 0 Å². The molecule has 2 rings (SSSR count). The lowest BCUT2D eigenvalue weighted by atomic mass is 10.2. The zero-order chi connectivity index (χ0) is 14.4. The maximum atomic E-state index is 13.3. The molecule has 2 aromatic carbocycles. The number of anilines is 1. The van der Waals surface area contributed by atoms with E-state index in [0.29, 0.717) is 10.7 Å². The number of halogens is 1. The Morgan fingerprint density at radius 3 is 2.75 bits per heavy atom. The second-order valence-electron chi connectivity index (χ2n) is 4.22. The fourth-order valence-corrected chi connectivity index (χ4v) is 1.79. The van der Waals surface area contributed by atoms with Gasteiger partial charge in [-0.25, -0.2) is 4.39 Å². The molecule has 0 bridgehead atoms. The maximum Gasteiger partial charge on any atom is 0.191 e. The Labute approximate surface area is 122 Å². The van der Waals surface area contributed by atoms with Gasteiger partial charge in [0.1, 0.15) is 5.82 Å². The van der Waals surface area contributed by atoms with Gasteiger partial charge in [-0.1, -0.05) is 30.3 Å². The van der Waals surface area contributed by atoms with E-state index >= 15 is 0 Å². The van der Waals surface area contributed by atoms with Gasteiger partial charge in [0.25, 0.3) is 0 Å². The maximum absolute atomic E-state index is 13.3. The van der Waals surface area contributed by atoms with Crippen LogP contribution in [0, 0.1) is 12.7 Å². The normalized spacial score (nSPS) is 10.5. The number of hydrazone groups is 1. The van der Waals surface area contributed by atoms with Crippen molar-refractivity contribution in [2.75, 3.05) is 5.32 Å². The van der Waals surface area contributed by atoms with Crippen LogP contribution in [-0.2, 0) is 0 Å². The summed E-state index contributed by atoms with van der Waals surface area (Å²) in [5.74, 6) is -0.324. The lowest BCUT2D eigenvalue weighted by Crippen LogP contribution is -2.23. The Kier molecular flexibility index (Phi) is 4.79. The zero-order valence-electron chi connectivity index (χ0n) is 10.9. The van der Waals surface area contributed by atoms with E-state index in [1.165, 1.54) is 12.3 Å². The molecular formula is C15H14FN3S. The average Bonchev–Trinajstić information content (AvgIpc) is 2.41. The van der Waals surface area contributed by atoms with Gasteiger partial charge in [-0.2, -0.15) is 5.10 Å². The first-order valence-corrected chi connectivity index (χ1v) is 6.47. The molecule has 102 valence electrons. The van der Waals surface area contributed by atoms with E-state index in [-0.39, 0.29) is 5.82 Å². The van der Waals surface area contributed by atoms with E-state index < -0.39 is 0 Å². The van der Waals surface area contributed by atoms with Gasteiger partial charge in [0.2, 0.25) is 0 Å². The van der Waals surface area contributed by atoms with Gasteiger partial charge in [-0.3, -0.25) is 5.43 Å². The van der Waals surface area contributed by atoms with Crippen LogP contribution in [0.1, 0.15) is 11.1 Å². The minimum atomic E-state index is -0.324. The minimum absolute atomic E-state index is 0.324. The highest BCUT2D eigenvalue weighted by atomic mass is 32.1. The summed E-state index contributed by atoms with van der Waals surface area (Å²) in [6, 6.07) is 14.2. The summed E-state index contributed by atoms with van der Waals surface area (Å²) >= 11 is 5.10. The Balaban J connectivity index is 1.91. The monoisotopic (exact) mass is 287 g/mol. The number of nitrogens with zero attached hydrogens (tertiary/aromatic N) is 1. The molecule has 3 nitrogen and oxygen atoms in total. The van der Waals surface area contributed by atoms with Crippen LogP contribution in [0.25, 0.3) is 0 Å². The van der Waals surface area contributed by atoms with Gasteiger partial charge in [0.05, 0.1) is 6.21 Å². The van der Waals surface area contributed by atoms with Gasteiger partial charge in [-0.15, -0.1) is 0 Å². The quantitative estimate of drug-likeness (QED) is 0.516. The molecule has 0 aliphatic rings. The molecule has 0 amide bonds. The lowest BCUT2D eigenvalue weighted by Gasteiger charge is -2.07. The third kappa shape index (κ3) is 4.13. The smallest absolute Gasteiger partial charge is 0.191 e. The summed E-state index contributed by atoms with van der Waals surface area (Å²) in [4.78, 5) is 0. The van der Waals surface area contributed by atoms with Crippen molar-refractivity contribution in [2.24, 2.45) is 5.10 Å². The summed E-state index contributed by atoms with van der Waals surface area (Å²) in [6.07, 6.45) is 1.39. The van der Waals surface area contributed by atoms with Crippen molar-refractivity contribution in [3.05, 3.63) is 65.5 Å². The van der Waals surface area contributed by atoms with Crippen LogP contribution in [0.5, 0.6) is 0 Å². The average molecular weight is 287 g/mol. The summed E-state index contributed by atoms with van der Waals surface area (Å²) in [5.41, 5.74) is 5.06. The number of hydrogen-bond donors (Lipinski definition) is 2. The van der Waals surface area contributed by atoms with Crippen molar-refractivity contribution in [1.82, 2.24) is 5.43 Å². The molecule has 0 aliphatic heterocycles. The van der Waals surface area contributed by atoms with E-state index in [0.717, 1.165) is 11.3 Å². The van der Waals surface area contributed by atoms with Crippen LogP contribution < -0.4 is 10.7 Å². The largest absolute Gasteiger partial charge is 0.331 e. The predicted molar refractivity (Wildman–Crippen MR) is 84.5 cm³/mol. The van der Waals surface area contributed by atoms with Gasteiger partial charge in [0, 0.05) is 11.3 Å². The molecule has 0 unspecified atom stereocenters. The van der Waals surface area contributed by atoms with E-state index in [1.54, 1.807) is 18.2 Å². The Hall–Kier alpha value is -2.27. The molecular weight excluding hydrogens is 273 g/mol. The highest BCUT2D eigenvalue weighted by molar-refractivity contribution is 7.80. The molecule has 20 heavy (non-hydrogen) atoms. The van der Waals surface area contributed by atoms with Crippen LogP contribution in [0.2, 0.25) is 0 Å². The molecule has 0 aromatic heterocycles. The Bertz CT molecular complexity index is 641. The van der Waals surface area contributed by atoms with Crippen LogP contribution in [0.15, 0.2) is 53.6 Å². The first-order valence-electron chi connectivity index (χ1n) is 6.06. The van der Waals surface area contributed by atoms with Crippen LogP contribution in [0.4, 0.5) is 10.1 Å². The zero-order valence-corrected chi connectivity index (χ0v) is 11.7. The number of aryl methyl sites for hydroxylation is 1. The van der Waals surface area contributed by atoms with Crippen LogP contribution >= 0.6 is 12.2 Å². The first-order chi connectivity index (χ1) is 9.65. The van der Waals surface area contributed by atoms with Crippen molar-refractivity contribution in [1.29, 1.82) is 0 Å². The highest BCUT2D eigenvalue weighted by Crippen LogP contribution is 2.09. The van der Waals surface area contributed by atoms with Gasteiger partial charge in [0.15, 0.2) is 5.11 Å². The molecule has 0 radical (unpaired) electrons. The summed E-state index contributed by atoms with van der Waals surface area (Å²) in [7, 11) is 0. The fraction of sp³-hybridized carbons (Fsp3) is 0.0667. The SMILES string of the molecule is Cc1cccc(NC(=S)NN=Cc2ccccc2F)c1. The van der Waals surface area contributed by atoms with E-state index in [1.807, 2.05) is 31.2 Å². The lowest BCUT2D eigenvalue weighted by molar-refractivity contribution is 0.626. The molecule has 0 saturated heterocycles. The van der Waals surface area contributed by atoms with Crippen molar-refractivity contribution in [3.8, 4) is 0 Å². The van der Waals surface area contributed by atoms with Gasteiger partial charge in [-0.05, 0) is 42.9 Å². The molecule has 0 saturated carbocycles. The molecule has 2 aromatic rings. The minimum Gasteiger partial charge on any atom is -0.331 e. The predicted octanol–water partition coefficient (Wildman–Crippen LogP) is 3.45. The summed E-state index contributed by atoms with van der Waals surface area (Å²) < 4.78 is 13.3.